The molecule has 7 heteroatoms. The molecule has 1 aromatic heterocycles. The van der Waals surface area contributed by atoms with Crippen LogP contribution in [0.25, 0.3) is 0 Å². The van der Waals surface area contributed by atoms with Crippen LogP contribution in [0.15, 0.2) is 6.07 Å². The van der Waals surface area contributed by atoms with Gasteiger partial charge in [-0.05, 0) is 45.2 Å². The van der Waals surface area contributed by atoms with Crippen LogP contribution in [0.3, 0.4) is 0 Å². The van der Waals surface area contributed by atoms with Crippen LogP contribution in [-0.4, -0.2) is 75.6 Å². The van der Waals surface area contributed by atoms with Gasteiger partial charge < -0.3 is 9.80 Å². The van der Waals surface area contributed by atoms with Gasteiger partial charge in [0.15, 0.2) is 0 Å². The standard InChI is InChI=1S/C21H35N5O2/c1-16-7-5-6-10-26(16)15-21(28)25-11-8-18(9-12-25)20-13-19(24(4)22-20)14-23(3)17(2)27/h13,16,18H,5-12,14-15H2,1-4H3/t16-/m0/s1. The van der Waals surface area contributed by atoms with Gasteiger partial charge in [0.25, 0.3) is 0 Å². The summed E-state index contributed by atoms with van der Waals surface area (Å²) in [5.74, 6) is 0.718. The highest BCUT2D eigenvalue weighted by atomic mass is 16.2. The first-order valence-corrected chi connectivity index (χ1v) is 10.6. The zero-order valence-electron chi connectivity index (χ0n) is 17.9. The van der Waals surface area contributed by atoms with Gasteiger partial charge in [-0.2, -0.15) is 5.10 Å². The second-order valence-electron chi connectivity index (χ2n) is 8.53. The normalized spacial score (nSPS) is 21.7. The van der Waals surface area contributed by atoms with Crippen molar-refractivity contribution in [3.05, 3.63) is 17.5 Å². The van der Waals surface area contributed by atoms with Crippen LogP contribution in [0.2, 0.25) is 0 Å². The van der Waals surface area contributed by atoms with E-state index >= 15 is 0 Å². The predicted molar refractivity (Wildman–Crippen MR) is 109 cm³/mol. The number of carbonyl (C=O) groups is 2. The molecule has 0 aromatic carbocycles. The molecule has 28 heavy (non-hydrogen) atoms. The van der Waals surface area contributed by atoms with Crippen molar-refractivity contribution >= 4 is 11.8 Å². The Bertz CT molecular complexity index is 693. The summed E-state index contributed by atoms with van der Waals surface area (Å²) in [6, 6.07) is 2.65. The van der Waals surface area contributed by atoms with Crippen molar-refractivity contribution in [2.45, 2.75) is 64.5 Å². The molecule has 0 spiro atoms. The van der Waals surface area contributed by atoms with E-state index in [2.05, 4.69) is 23.0 Å². The topological polar surface area (TPSA) is 61.7 Å². The lowest BCUT2D eigenvalue weighted by Crippen LogP contribution is -2.47. The average Bonchev–Trinajstić information content (AvgIpc) is 3.04. The summed E-state index contributed by atoms with van der Waals surface area (Å²) in [4.78, 5) is 30.3. The van der Waals surface area contributed by atoms with E-state index in [9.17, 15) is 9.59 Å². The minimum atomic E-state index is 0.0533. The fourth-order valence-electron chi connectivity index (χ4n) is 4.32. The monoisotopic (exact) mass is 389 g/mol. The number of hydrogen-bond acceptors (Lipinski definition) is 4. The molecule has 0 aliphatic carbocycles. The van der Waals surface area contributed by atoms with E-state index < -0.39 is 0 Å². The van der Waals surface area contributed by atoms with E-state index in [1.54, 1.807) is 11.8 Å². The Morgan fingerprint density at radius 3 is 2.54 bits per heavy atom. The maximum Gasteiger partial charge on any atom is 0.236 e. The van der Waals surface area contributed by atoms with Gasteiger partial charge >= 0.3 is 0 Å². The maximum absolute atomic E-state index is 12.7. The average molecular weight is 390 g/mol. The van der Waals surface area contributed by atoms with E-state index in [-0.39, 0.29) is 11.8 Å². The van der Waals surface area contributed by atoms with Crippen molar-refractivity contribution in [1.82, 2.24) is 24.5 Å². The molecule has 156 valence electrons. The van der Waals surface area contributed by atoms with Crippen molar-refractivity contribution in [2.24, 2.45) is 7.05 Å². The number of hydrogen-bond donors (Lipinski definition) is 0. The van der Waals surface area contributed by atoms with Crippen LogP contribution in [0.5, 0.6) is 0 Å². The minimum Gasteiger partial charge on any atom is -0.342 e. The highest BCUT2D eigenvalue weighted by molar-refractivity contribution is 5.78. The number of nitrogens with zero attached hydrogens (tertiary/aromatic N) is 5. The van der Waals surface area contributed by atoms with E-state index in [4.69, 9.17) is 0 Å². The number of aromatic nitrogens is 2. The second-order valence-corrected chi connectivity index (χ2v) is 8.53. The van der Waals surface area contributed by atoms with Crippen molar-refractivity contribution in [1.29, 1.82) is 0 Å². The molecule has 2 amide bonds. The van der Waals surface area contributed by atoms with Gasteiger partial charge in [-0.25, -0.2) is 0 Å². The molecule has 2 aliphatic rings. The fraction of sp³-hybridized carbons (Fsp3) is 0.762. The maximum atomic E-state index is 12.7. The quantitative estimate of drug-likeness (QED) is 0.773. The number of carbonyl (C=O) groups excluding carboxylic acids is 2. The summed E-state index contributed by atoms with van der Waals surface area (Å²) in [5.41, 5.74) is 2.14. The molecule has 7 nitrogen and oxygen atoms in total. The Morgan fingerprint density at radius 1 is 1.18 bits per heavy atom. The Hall–Kier alpha value is -1.89. The van der Waals surface area contributed by atoms with Gasteiger partial charge in [0.2, 0.25) is 11.8 Å². The SMILES string of the molecule is CC(=O)N(C)Cc1cc(C2CCN(C(=O)CN3CCCC[C@@H]3C)CC2)nn1C. The second kappa shape index (κ2) is 9.07. The Labute approximate surface area is 168 Å². The molecular formula is C21H35N5O2. The summed E-state index contributed by atoms with van der Waals surface area (Å²) >= 11 is 0. The van der Waals surface area contributed by atoms with Gasteiger partial charge in [-0.1, -0.05) is 6.42 Å². The molecular weight excluding hydrogens is 354 g/mol. The molecule has 1 atom stereocenters. The first kappa shape index (κ1) is 20.8. The Morgan fingerprint density at radius 2 is 1.89 bits per heavy atom. The Kier molecular flexibility index (Phi) is 6.75. The number of amides is 2. The largest absolute Gasteiger partial charge is 0.342 e. The van der Waals surface area contributed by atoms with Crippen molar-refractivity contribution in [2.75, 3.05) is 33.2 Å². The molecule has 0 bridgehead atoms. The molecule has 0 radical (unpaired) electrons. The van der Waals surface area contributed by atoms with Crippen molar-refractivity contribution in [3.8, 4) is 0 Å². The van der Waals surface area contributed by atoms with Gasteiger partial charge in [-0.15, -0.1) is 0 Å². The predicted octanol–water partition coefficient (Wildman–Crippen LogP) is 1.98. The van der Waals surface area contributed by atoms with Crippen LogP contribution in [-0.2, 0) is 23.2 Å². The van der Waals surface area contributed by atoms with Crippen LogP contribution in [0.4, 0.5) is 0 Å². The summed E-state index contributed by atoms with van der Waals surface area (Å²) < 4.78 is 1.88. The first-order valence-electron chi connectivity index (χ1n) is 10.6. The molecule has 0 unspecified atom stereocenters. The molecule has 3 rings (SSSR count). The van der Waals surface area contributed by atoms with Crippen molar-refractivity contribution in [3.63, 3.8) is 0 Å². The van der Waals surface area contributed by atoms with Crippen LogP contribution < -0.4 is 0 Å². The van der Waals surface area contributed by atoms with E-state index in [1.807, 2.05) is 23.7 Å². The van der Waals surface area contributed by atoms with Crippen LogP contribution >= 0.6 is 0 Å². The lowest BCUT2D eigenvalue weighted by Gasteiger charge is -2.36. The zero-order chi connectivity index (χ0) is 20.3. The number of likely N-dealkylation sites (tertiary alicyclic amines) is 2. The smallest absolute Gasteiger partial charge is 0.236 e. The Balaban J connectivity index is 1.52. The fourth-order valence-corrected chi connectivity index (χ4v) is 4.32. The molecule has 2 saturated heterocycles. The molecule has 2 aliphatic heterocycles. The molecule has 0 N–H and O–H groups in total. The third-order valence-electron chi connectivity index (χ3n) is 6.48. The summed E-state index contributed by atoms with van der Waals surface area (Å²) in [6.45, 7) is 7.63. The highest BCUT2D eigenvalue weighted by Crippen LogP contribution is 2.28. The van der Waals surface area contributed by atoms with Crippen LogP contribution in [0.1, 0.15) is 63.3 Å². The number of aryl methyl sites for hydroxylation is 1. The third kappa shape index (κ3) is 4.93. The number of piperidine rings is 2. The van der Waals surface area contributed by atoms with Gasteiger partial charge in [-0.3, -0.25) is 19.2 Å². The summed E-state index contributed by atoms with van der Waals surface area (Å²) in [7, 11) is 3.74. The zero-order valence-corrected chi connectivity index (χ0v) is 17.9. The van der Waals surface area contributed by atoms with Gasteiger partial charge in [0, 0.05) is 46.1 Å². The number of rotatable bonds is 5. The minimum absolute atomic E-state index is 0.0533. The van der Waals surface area contributed by atoms with Gasteiger partial charge in [0.05, 0.1) is 24.5 Å². The lowest BCUT2D eigenvalue weighted by molar-refractivity contribution is -0.134. The molecule has 2 fully saturated rings. The first-order chi connectivity index (χ1) is 13.3. The van der Waals surface area contributed by atoms with E-state index in [0.717, 1.165) is 43.9 Å². The van der Waals surface area contributed by atoms with Crippen molar-refractivity contribution < 1.29 is 9.59 Å². The summed E-state index contributed by atoms with van der Waals surface area (Å²) in [6.07, 6.45) is 5.61. The van der Waals surface area contributed by atoms with E-state index in [1.165, 1.54) is 19.3 Å². The van der Waals surface area contributed by atoms with Gasteiger partial charge in [0.1, 0.15) is 0 Å². The van der Waals surface area contributed by atoms with E-state index in [0.29, 0.717) is 25.0 Å². The lowest BCUT2D eigenvalue weighted by atomic mass is 9.93. The van der Waals surface area contributed by atoms with Crippen LogP contribution in [0, 0.1) is 0 Å². The molecule has 3 heterocycles. The molecule has 0 saturated carbocycles. The molecule has 1 aromatic rings. The summed E-state index contributed by atoms with van der Waals surface area (Å²) in [5, 5.41) is 4.69. The third-order valence-corrected chi connectivity index (χ3v) is 6.48. The highest BCUT2D eigenvalue weighted by Gasteiger charge is 2.28.